The van der Waals surface area contributed by atoms with Crippen LogP contribution in [0.15, 0.2) is 53.3 Å². The van der Waals surface area contributed by atoms with Crippen LogP contribution in [-0.2, 0) is 0 Å². The zero-order chi connectivity index (χ0) is 19.5. The molecule has 0 radical (unpaired) electrons. The van der Waals surface area contributed by atoms with Crippen molar-refractivity contribution in [2.75, 3.05) is 36.4 Å². The molecule has 0 saturated carbocycles. The minimum absolute atomic E-state index is 0.0857. The third-order valence-corrected chi connectivity index (χ3v) is 5.16. The van der Waals surface area contributed by atoms with E-state index in [-0.39, 0.29) is 5.91 Å². The van der Waals surface area contributed by atoms with E-state index in [0.717, 1.165) is 11.3 Å². The summed E-state index contributed by atoms with van der Waals surface area (Å²) >= 11 is 6.19. The average Bonchev–Trinajstić information content (AvgIpc) is 3.26. The van der Waals surface area contributed by atoms with Gasteiger partial charge in [0, 0.05) is 43.1 Å². The van der Waals surface area contributed by atoms with Crippen LogP contribution in [0.4, 0.5) is 17.5 Å². The Kier molecular flexibility index (Phi) is 5.16. The van der Waals surface area contributed by atoms with Crippen LogP contribution in [-0.4, -0.2) is 47.0 Å². The summed E-state index contributed by atoms with van der Waals surface area (Å²) in [7, 11) is 0. The number of aromatic nitrogens is 2. The standard InChI is InChI=1S/C20H20ClN5O2/c1-14-15(21)4-2-5-16(14)23-18-7-8-22-20(24-18)26-11-9-25(10-12-26)19(27)17-6-3-13-28-17/h2-8,13H,9-12H2,1H3,(H,22,23,24). The van der Waals surface area contributed by atoms with E-state index in [4.69, 9.17) is 16.0 Å². The third-order valence-electron chi connectivity index (χ3n) is 4.75. The number of carbonyl (C=O) groups is 1. The lowest BCUT2D eigenvalue weighted by Crippen LogP contribution is -2.49. The van der Waals surface area contributed by atoms with Gasteiger partial charge in [-0.15, -0.1) is 0 Å². The van der Waals surface area contributed by atoms with E-state index in [1.165, 1.54) is 6.26 Å². The SMILES string of the molecule is Cc1c(Cl)cccc1Nc1ccnc(N2CCN(C(=O)c3ccco3)CC2)n1. The minimum Gasteiger partial charge on any atom is -0.459 e. The predicted octanol–water partition coefficient (Wildman–Crippen LogP) is 3.74. The van der Waals surface area contributed by atoms with Crippen molar-refractivity contribution in [3.05, 3.63) is 65.2 Å². The number of furan rings is 1. The largest absolute Gasteiger partial charge is 0.459 e. The highest BCUT2D eigenvalue weighted by Crippen LogP contribution is 2.26. The lowest BCUT2D eigenvalue weighted by molar-refractivity contribution is 0.0714. The Morgan fingerprint density at radius 2 is 1.96 bits per heavy atom. The molecule has 3 heterocycles. The van der Waals surface area contributed by atoms with Crippen molar-refractivity contribution >= 4 is 35.0 Å². The lowest BCUT2D eigenvalue weighted by Gasteiger charge is -2.34. The Bertz CT molecular complexity index is 968. The number of carbonyl (C=O) groups excluding carboxylic acids is 1. The summed E-state index contributed by atoms with van der Waals surface area (Å²) in [4.78, 5) is 25.3. The van der Waals surface area contributed by atoms with Crippen LogP contribution in [0.3, 0.4) is 0 Å². The summed E-state index contributed by atoms with van der Waals surface area (Å²) in [6.07, 6.45) is 3.24. The molecule has 28 heavy (non-hydrogen) atoms. The molecule has 1 aliphatic heterocycles. The van der Waals surface area contributed by atoms with Gasteiger partial charge >= 0.3 is 0 Å². The smallest absolute Gasteiger partial charge is 0.289 e. The number of piperazine rings is 1. The van der Waals surface area contributed by atoms with E-state index in [2.05, 4.69) is 20.2 Å². The Hall–Kier alpha value is -3.06. The second kappa shape index (κ2) is 7.90. The fourth-order valence-electron chi connectivity index (χ4n) is 3.12. The highest BCUT2D eigenvalue weighted by atomic mass is 35.5. The van der Waals surface area contributed by atoms with Gasteiger partial charge in [-0.1, -0.05) is 17.7 Å². The van der Waals surface area contributed by atoms with Crippen LogP contribution in [0, 0.1) is 6.92 Å². The number of nitrogens with zero attached hydrogens (tertiary/aromatic N) is 4. The quantitative estimate of drug-likeness (QED) is 0.722. The zero-order valence-corrected chi connectivity index (χ0v) is 16.2. The normalized spacial score (nSPS) is 14.2. The van der Waals surface area contributed by atoms with E-state index in [1.807, 2.05) is 31.2 Å². The molecule has 144 valence electrons. The number of rotatable bonds is 4. The molecule has 2 aromatic heterocycles. The van der Waals surface area contributed by atoms with E-state index in [0.29, 0.717) is 48.7 Å². The highest BCUT2D eigenvalue weighted by Gasteiger charge is 2.25. The first kappa shape index (κ1) is 18.3. The first-order valence-electron chi connectivity index (χ1n) is 9.05. The average molecular weight is 398 g/mol. The topological polar surface area (TPSA) is 74.5 Å². The van der Waals surface area contributed by atoms with Crippen molar-refractivity contribution in [1.29, 1.82) is 0 Å². The molecular weight excluding hydrogens is 378 g/mol. The first-order chi connectivity index (χ1) is 13.6. The second-order valence-electron chi connectivity index (χ2n) is 6.54. The van der Waals surface area contributed by atoms with Crippen LogP contribution >= 0.6 is 11.6 Å². The van der Waals surface area contributed by atoms with Gasteiger partial charge in [-0.2, -0.15) is 4.98 Å². The number of halogens is 1. The van der Waals surface area contributed by atoms with Gasteiger partial charge in [0.05, 0.1) is 6.26 Å². The van der Waals surface area contributed by atoms with Crippen molar-refractivity contribution < 1.29 is 9.21 Å². The fourth-order valence-corrected chi connectivity index (χ4v) is 3.29. The molecule has 0 aliphatic carbocycles. The first-order valence-corrected chi connectivity index (χ1v) is 9.42. The van der Waals surface area contributed by atoms with Crippen LogP contribution in [0.5, 0.6) is 0 Å². The molecule has 3 aromatic rings. The van der Waals surface area contributed by atoms with Crippen molar-refractivity contribution in [2.45, 2.75) is 6.92 Å². The highest BCUT2D eigenvalue weighted by molar-refractivity contribution is 6.31. The number of hydrogen-bond acceptors (Lipinski definition) is 6. The second-order valence-corrected chi connectivity index (χ2v) is 6.94. The van der Waals surface area contributed by atoms with Crippen molar-refractivity contribution in [3.63, 3.8) is 0 Å². The third kappa shape index (κ3) is 3.80. The van der Waals surface area contributed by atoms with Gasteiger partial charge in [0.2, 0.25) is 5.95 Å². The van der Waals surface area contributed by atoms with Gasteiger partial charge in [0.25, 0.3) is 5.91 Å². The lowest BCUT2D eigenvalue weighted by atomic mass is 10.2. The van der Waals surface area contributed by atoms with Gasteiger partial charge in [0.15, 0.2) is 5.76 Å². The molecule has 1 N–H and O–H groups in total. The fraction of sp³-hybridized carbons (Fsp3) is 0.250. The van der Waals surface area contributed by atoms with Gasteiger partial charge in [0.1, 0.15) is 5.82 Å². The molecule has 0 bridgehead atoms. The molecule has 0 unspecified atom stereocenters. The molecule has 1 aromatic carbocycles. The maximum atomic E-state index is 12.4. The van der Waals surface area contributed by atoms with Crippen molar-refractivity contribution in [3.8, 4) is 0 Å². The zero-order valence-electron chi connectivity index (χ0n) is 15.4. The Morgan fingerprint density at radius 3 is 2.71 bits per heavy atom. The Morgan fingerprint density at radius 1 is 1.14 bits per heavy atom. The molecule has 1 saturated heterocycles. The van der Waals surface area contributed by atoms with Gasteiger partial charge in [-0.3, -0.25) is 4.79 Å². The molecule has 1 aliphatic rings. The summed E-state index contributed by atoms with van der Waals surface area (Å²) in [6.45, 7) is 4.46. The molecule has 8 heteroatoms. The summed E-state index contributed by atoms with van der Waals surface area (Å²) in [6, 6.07) is 10.9. The van der Waals surface area contributed by atoms with Crippen molar-refractivity contribution in [2.24, 2.45) is 0 Å². The molecule has 4 rings (SSSR count). The molecule has 7 nitrogen and oxygen atoms in total. The molecule has 0 spiro atoms. The van der Waals surface area contributed by atoms with E-state index >= 15 is 0 Å². The Balaban J connectivity index is 1.42. The van der Waals surface area contributed by atoms with E-state index < -0.39 is 0 Å². The van der Waals surface area contributed by atoms with Crippen LogP contribution in [0.25, 0.3) is 0 Å². The number of benzene rings is 1. The van der Waals surface area contributed by atoms with Gasteiger partial charge in [-0.25, -0.2) is 4.98 Å². The van der Waals surface area contributed by atoms with E-state index in [1.54, 1.807) is 23.2 Å². The van der Waals surface area contributed by atoms with Crippen LogP contribution in [0.1, 0.15) is 16.1 Å². The number of hydrogen-bond donors (Lipinski definition) is 1. The maximum Gasteiger partial charge on any atom is 0.289 e. The van der Waals surface area contributed by atoms with Crippen molar-refractivity contribution in [1.82, 2.24) is 14.9 Å². The summed E-state index contributed by atoms with van der Waals surface area (Å²) in [5.41, 5.74) is 1.88. The summed E-state index contributed by atoms with van der Waals surface area (Å²) in [5.74, 6) is 1.62. The van der Waals surface area contributed by atoms with E-state index in [9.17, 15) is 4.79 Å². The number of anilines is 3. The number of nitrogens with one attached hydrogen (secondary N) is 1. The van der Waals surface area contributed by atoms with Gasteiger partial charge < -0.3 is 19.5 Å². The van der Waals surface area contributed by atoms with Crippen LogP contribution < -0.4 is 10.2 Å². The molecule has 1 amide bonds. The Labute approximate surface area is 167 Å². The predicted molar refractivity (Wildman–Crippen MR) is 108 cm³/mol. The summed E-state index contributed by atoms with van der Waals surface area (Å²) in [5, 5.41) is 4.00. The maximum absolute atomic E-state index is 12.4. The molecular formula is C20H20ClN5O2. The van der Waals surface area contributed by atoms with Gasteiger partial charge in [-0.05, 0) is 42.8 Å². The number of amides is 1. The summed E-state index contributed by atoms with van der Waals surface area (Å²) < 4.78 is 5.20. The monoisotopic (exact) mass is 397 g/mol. The van der Waals surface area contributed by atoms with Crippen LogP contribution in [0.2, 0.25) is 5.02 Å². The molecule has 0 atom stereocenters. The molecule has 1 fully saturated rings. The minimum atomic E-state index is -0.0857.